The van der Waals surface area contributed by atoms with Crippen LogP contribution in [-0.2, 0) is 9.53 Å². The Labute approximate surface area is 157 Å². The molecular formula is C15H18N6O5S. The highest BCUT2D eigenvalue weighted by atomic mass is 32.2. The molecule has 1 fully saturated rings. The van der Waals surface area contributed by atoms with E-state index in [9.17, 15) is 19.8 Å². The van der Waals surface area contributed by atoms with Gasteiger partial charge in [-0.05, 0) is 11.5 Å². The molecule has 0 spiro atoms. The molecule has 1 saturated heterocycles. The highest BCUT2D eigenvalue weighted by Gasteiger charge is 2.44. The van der Waals surface area contributed by atoms with Crippen molar-refractivity contribution in [2.75, 3.05) is 12.3 Å². The van der Waals surface area contributed by atoms with Crippen molar-refractivity contribution in [2.45, 2.75) is 30.0 Å². The first kappa shape index (κ1) is 17.9. The minimum Gasteiger partial charge on any atom is -0.387 e. The van der Waals surface area contributed by atoms with Gasteiger partial charge in [-0.1, -0.05) is 11.8 Å². The number of nitrogens with one attached hydrogen (secondary N) is 2. The van der Waals surface area contributed by atoms with Crippen molar-refractivity contribution in [2.24, 2.45) is 0 Å². The zero-order chi connectivity index (χ0) is 19.1. The first-order valence-electron chi connectivity index (χ1n) is 8.17. The molecule has 5 atom stereocenters. The molecule has 1 unspecified atom stereocenters. The lowest BCUT2D eigenvalue weighted by molar-refractivity contribution is -0.119. The molecule has 6 N–H and O–H groups in total. The fraction of sp³-hybridized carbons (Fsp3) is 0.400. The van der Waals surface area contributed by atoms with Gasteiger partial charge in [0.15, 0.2) is 11.7 Å². The van der Waals surface area contributed by atoms with Crippen LogP contribution < -0.4 is 22.1 Å². The van der Waals surface area contributed by atoms with E-state index in [1.54, 1.807) is 17.3 Å². The molecule has 3 aliphatic heterocycles. The number of carbonyl (C=O) groups is 1. The average molecular weight is 394 g/mol. The van der Waals surface area contributed by atoms with Crippen LogP contribution in [0.2, 0.25) is 0 Å². The van der Waals surface area contributed by atoms with Crippen molar-refractivity contribution in [3.05, 3.63) is 46.3 Å². The molecular weight excluding hydrogens is 376 g/mol. The van der Waals surface area contributed by atoms with Crippen LogP contribution in [0.1, 0.15) is 6.23 Å². The summed E-state index contributed by atoms with van der Waals surface area (Å²) < 4.78 is 6.64. The molecule has 12 heteroatoms. The van der Waals surface area contributed by atoms with Gasteiger partial charge < -0.3 is 36.2 Å². The lowest BCUT2D eigenvalue weighted by atomic mass is 10.1. The third kappa shape index (κ3) is 3.16. The van der Waals surface area contributed by atoms with E-state index < -0.39 is 30.2 Å². The number of thioether (sulfide) groups is 1. The van der Waals surface area contributed by atoms with Crippen molar-refractivity contribution in [1.82, 2.24) is 25.1 Å². The normalized spacial score (nSPS) is 31.6. The largest absolute Gasteiger partial charge is 0.387 e. The predicted molar refractivity (Wildman–Crippen MR) is 95.4 cm³/mol. The molecule has 1 aromatic rings. The molecule has 3 aliphatic rings. The number of aliphatic hydroxyl groups is 2. The first-order valence-corrected chi connectivity index (χ1v) is 9.11. The molecule has 0 aliphatic carbocycles. The molecule has 27 heavy (non-hydrogen) atoms. The Hall–Kier alpha value is -2.54. The van der Waals surface area contributed by atoms with Crippen molar-refractivity contribution in [3.8, 4) is 0 Å². The van der Waals surface area contributed by atoms with E-state index in [0.29, 0.717) is 5.70 Å². The number of amides is 1. The van der Waals surface area contributed by atoms with Crippen molar-refractivity contribution in [1.29, 1.82) is 0 Å². The molecule has 0 saturated carbocycles. The number of hydrogen-bond donors (Lipinski definition) is 5. The number of nitrogen functional groups attached to an aromatic ring is 1. The lowest BCUT2D eigenvalue weighted by Gasteiger charge is -2.20. The van der Waals surface area contributed by atoms with Gasteiger partial charge in [0.1, 0.15) is 29.8 Å². The molecule has 0 aromatic carbocycles. The van der Waals surface area contributed by atoms with E-state index in [0.717, 1.165) is 4.57 Å². The summed E-state index contributed by atoms with van der Waals surface area (Å²) in [5.41, 5.74) is 5.14. The molecule has 11 nitrogen and oxygen atoms in total. The first-order chi connectivity index (χ1) is 13.0. The van der Waals surface area contributed by atoms with Crippen LogP contribution >= 0.6 is 11.8 Å². The van der Waals surface area contributed by atoms with Crippen LogP contribution in [0.25, 0.3) is 0 Å². The topological polar surface area (TPSA) is 155 Å². The molecule has 0 bridgehead atoms. The summed E-state index contributed by atoms with van der Waals surface area (Å²) in [6.45, 7) is -0.0442. The number of nitrogens with zero attached hydrogens (tertiary/aromatic N) is 3. The van der Waals surface area contributed by atoms with Crippen molar-refractivity contribution in [3.63, 3.8) is 0 Å². The van der Waals surface area contributed by atoms with Gasteiger partial charge in [-0.25, -0.2) is 4.79 Å². The van der Waals surface area contributed by atoms with Crippen LogP contribution in [0.3, 0.4) is 0 Å². The van der Waals surface area contributed by atoms with Crippen LogP contribution in [0.4, 0.5) is 5.82 Å². The molecule has 4 rings (SSSR count). The number of rotatable bonds is 4. The summed E-state index contributed by atoms with van der Waals surface area (Å²) >= 11 is 1.54. The standard InChI is InChI=1S/C15H18N6O5S/c16-9-1-2-21(14(25)19-9)13-11(23)10(22)8(26-13)6-17-12(24)7-5-18-15-20(7)3-4-27-15/h1-5,8,10-11,13,15,18,22-23H,6H2,(H,17,24)(H2,16,19,25)/t8-,10-,11-,13-,15?/m1/s1. The Kier molecular flexibility index (Phi) is 4.55. The van der Waals surface area contributed by atoms with Gasteiger partial charge in [0.2, 0.25) is 0 Å². The second kappa shape index (κ2) is 6.88. The zero-order valence-electron chi connectivity index (χ0n) is 13.9. The average Bonchev–Trinajstić information content (AvgIpc) is 3.30. The molecule has 1 aromatic heterocycles. The molecule has 4 heterocycles. The fourth-order valence-electron chi connectivity index (χ4n) is 3.08. The van der Waals surface area contributed by atoms with Crippen LogP contribution in [0, 0.1) is 0 Å². The maximum Gasteiger partial charge on any atom is 0.351 e. The number of carbonyl (C=O) groups excluding carboxylic acids is 1. The Morgan fingerprint density at radius 1 is 1.44 bits per heavy atom. The second-order valence-electron chi connectivity index (χ2n) is 6.18. The van der Waals surface area contributed by atoms with Crippen LogP contribution in [-0.4, -0.2) is 60.9 Å². The third-order valence-electron chi connectivity index (χ3n) is 4.48. The molecule has 1 amide bonds. The summed E-state index contributed by atoms with van der Waals surface area (Å²) in [5.74, 6) is -0.309. The van der Waals surface area contributed by atoms with Crippen LogP contribution in [0.5, 0.6) is 0 Å². The quantitative estimate of drug-likeness (QED) is 0.380. The predicted octanol–water partition coefficient (Wildman–Crippen LogP) is -2.19. The number of aliphatic hydroxyl groups excluding tert-OH is 2. The van der Waals surface area contributed by atoms with Gasteiger partial charge in [0, 0.05) is 25.1 Å². The number of aromatic nitrogens is 2. The Morgan fingerprint density at radius 2 is 2.26 bits per heavy atom. The number of ether oxygens (including phenoxy) is 1. The van der Waals surface area contributed by atoms with E-state index in [4.69, 9.17) is 10.5 Å². The van der Waals surface area contributed by atoms with E-state index in [2.05, 4.69) is 15.6 Å². The monoisotopic (exact) mass is 394 g/mol. The second-order valence-corrected chi connectivity index (χ2v) is 7.17. The van der Waals surface area contributed by atoms with Gasteiger partial charge in [-0.15, -0.1) is 0 Å². The van der Waals surface area contributed by atoms with E-state index in [1.165, 1.54) is 24.0 Å². The van der Waals surface area contributed by atoms with Crippen LogP contribution in [0.15, 0.2) is 40.6 Å². The zero-order valence-corrected chi connectivity index (χ0v) is 14.7. The van der Waals surface area contributed by atoms with Crippen molar-refractivity contribution >= 4 is 23.5 Å². The van der Waals surface area contributed by atoms with E-state index >= 15 is 0 Å². The molecule has 0 radical (unpaired) electrons. The Bertz CT molecular complexity index is 872. The van der Waals surface area contributed by atoms with E-state index in [-0.39, 0.29) is 23.8 Å². The van der Waals surface area contributed by atoms with Crippen molar-refractivity contribution < 1.29 is 19.7 Å². The van der Waals surface area contributed by atoms with E-state index in [1.807, 2.05) is 5.41 Å². The Balaban J connectivity index is 1.40. The number of fused-ring (bicyclic) bond motifs is 1. The maximum atomic E-state index is 12.4. The van der Waals surface area contributed by atoms with Gasteiger partial charge in [-0.3, -0.25) is 9.36 Å². The summed E-state index contributed by atoms with van der Waals surface area (Å²) in [4.78, 5) is 29.7. The van der Waals surface area contributed by atoms with Gasteiger partial charge in [0.25, 0.3) is 5.91 Å². The van der Waals surface area contributed by atoms with Gasteiger partial charge in [-0.2, -0.15) is 4.98 Å². The Morgan fingerprint density at radius 3 is 3.04 bits per heavy atom. The molecule has 144 valence electrons. The highest BCUT2D eigenvalue weighted by Crippen LogP contribution is 2.31. The third-order valence-corrected chi connectivity index (χ3v) is 5.38. The lowest BCUT2D eigenvalue weighted by Crippen LogP contribution is -2.41. The summed E-state index contributed by atoms with van der Waals surface area (Å²) in [7, 11) is 0. The number of anilines is 1. The summed E-state index contributed by atoms with van der Waals surface area (Å²) in [5, 5.41) is 28.1. The van der Waals surface area contributed by atoms with Gasteiger partial charge >= 0.3 is 5.69 Å². The number of hydrogen-bond acceptors (Lipinski definition) is 10. The summed E-state index contributed by atoms with van der Waals surface area (Å²) in [6.07, 6.45) is 0.0698. The SMILES string of the molecule is Nc1ccn([C@@H]2O[C@H](CNC(=O)C3=CNC4SC=CN34)[C@@H](O)[C@H]2O)c(=O)n1. The minimum absolute atomic E-state index is 0.0323. The fourth-order valence-corrected chi connectivity index (χ4v) is 3.90. The maximum absolute atomic E-state index is 12.4. The smallest absolute Gasteiger partial charge is 0.351 e. The minimum atomic E-state index is -1.36. The number of nitrogens with two attached hydrogens (primary N) is 1. The highest BCUT2D eigenvalue weighted by molar-refractivity contribution is 8.02. The van der Waals surface area contributed by atoms with Gasteiger partial charge in [0.05, 0.1) is 0 Å². The summed E-state index contributed by atoms with van der Waals surface area (Å²) in [6, 6.07) is 1.39.